The van der Waals surface area contributed by atoms with Crippen LogP contribution in [0.3, 0.4) is 0 Å². The number of aromatic nitrogens is 3. The highest BCUT2D eigenvalue weighted by Gasteiger charge is 2.19. The van der Waals surface area contributed by atoms with Crippen LogP contribution in [-0.4, -0.2) is 20.9 Å². The van der Waals surface area contributed by atoms with Crippen molar-refractivity contribution >= 4 is 55.5 Å². The fourth-order valence-electron chi connectivity index (χ4n) is 3.14. The number of aryl methyl sites for hydroxylation is 3. The first-order valence-electron chi connectivity index (χ1n) is 8.65. The van der Waals surface area contributed by atoms with E-state index in [2.05, 4.69) is 20.3 Å². The maximum Gasteiger partial charge on any atom is 0.267 e. The summed E-state index contributed by atoms with van der Waals surface area (Å²) in [6.45, 7) is 5.74. The van der Waals surface area contributed by atoms with Gasteiger partial charge in [0.1, 0.15) is 10.7 Å². The van der Waals surface area contributed by atoms with Crippen LogP contribution in [0.5, 0.6) is 0 Å². The van der Waals surface area contributed by atoms with E-state index in [0.717, 1.165) is 38.3 Å². The summed E-state index contributed by atoms with van der Waals surface area (Å²) >= 11 is 8.90. The Bertz CT molecular complexity index is 1200. The van der Waals surface area contributed by atoms with Crippen molar-refractivity contribution in [2.75, 3.05) is 5.32 Å². The molecule has 8 heteroatoms. The number of halogens is 1. The number of thiophene rings is 1. The summed E-state index contributed by atoms with van der Waals surface area (Å²) in [5.41, 5.74) is 2.91. The van der Waals surface area contributed by atoms with Crippen molar-refractivity contribution in [2.45, 2.75) is 27.2 Å². The number of thiazole rings is 1. The van der Waals surface area contributed by atoms with Crippen molar-refractivity contribution < 1.29 is 4.79 Å². The van der Waals surface area contributed by atoms with E-state index in [4.69, 9.17) is 11.6 Å². The molecular formula is C20H17ClN4OS2. The maximum absolute atomic E-state index is 12.8. The number of amides is 1. The zero-order valence-electron chi connectivity index (χ0n) is 15.5. The van der Waals surface area contributed by atoms with E-state index in [0.29, 0.717) is 20.9 Å². The predicted molar refractivity (Wildman–Crippen MR) is 116 cm³/mol. The molecule has 0 bridgehead atoms. The molecule has 3 aromatic heterocycles. The molecule has 0 spiro atoms. The molecule has 0 aliphatic heterocycles. The summed E-state index contributed by atoms with van der Waals surface area (Å²) in [4.78, 5) is 28.6. The fraction of sp³-hybridized carbons (Fsp3) is 0.200. The quantitative estimate of drug-likeness (QED) is 0.461. The van der Waals surface area contributed by atoms with Gasteiger partial charge in [0.25, 0.3) is 5.91 Å². The Balaban J connectivity index is 1.54. The molecule has 0 aliphatic carbocycles. The molecule has 4 aromatic rings. The topological polar surface area (TPSA) is 67.8 Å². The molecule has 1 N–H and O–H groups in total. The van der Waals surface area contributed by atoms with Crippen molar-refractivity contribution in [3.63, 3.8) is 0 Å². The highest BCUT2D eigenvalue weighted by molar-refractivity contribution is 7.21. The highest BCUT2D eigenvalue weighted by Crippen LogP contribution is 2.32. The van der Waals surface area contributed by atoms with Crippen molar-refractivity contribution in [2.24, 2.45) is 0 Å². The van der Waals surface area contributed by atoms with Gasteiger partial charge in [0.05, 0.1) is 4.88 Å². The van der Waals surface area contributed by atoms with Gasteiger partial charge in [-0.05, 0) is 44.0 Å². The summed E-state index contributed by atoms with van der Waals surface area (Å²) in [6.07, 6.45) is 2.52. The van der Waals surface area contributed by atoms with E-state index in [1.54, 1.807) is 6.20 Å². The predicted octanol–water partition coefficient (Wildman–Crippen LogP) is 5.57. The number of hydrogen-bond donors (Lipinski definition) is 1. The molecule has 0 saturated carbocycles. The zero-order valence-corrected chi connectivity index (χ0v) is 17.9. The minimum absolute atomic E-state index is 0.166. The van der Waals surface area contributed by atoms with Crippen LogP contribution < -0.4 is 5.32 Å². The summed E-state index contributed by atoms with van der Waals surface area (Å²) in [7, 11) is 0. The van der Waals surface area contributed by atoms with E-state index >= 15 is 0 Å². The van der Waals surface area contributed by atoms with Gasteiger partial charge in [-0.2, -0.15) is 0 Å². The van der Waals surface area contributed by atoms with Gasteiger partial charge in [0.2, 0.25) is 0 Å². The second-order valence-electron chi connectivity index (χ2n) is 6.49. The third-order valence-electron chi connectivity index (χ3n) is 4.33. The van der Waals surface area contributed by atoms with Gasteiger partial charge in [0, 0.05) is 33.6 Å². The minimum atomic E-state index is -0.166. The molecule has 0 fully saturated rings. The SMILES string of the molecule is Cc1nc(C)c2c(C)c(C(=O)Nc3ncc(Cc4cccc(Cl)c4)s3)sc2n1. The lowest BCUT2D eigenvalue weighted by Crippen LogP contribution is -2.11. The number of benzene rings is 1. The van der Waals surface area contributed by atoms with Crippen LogP contribution in [0.15, 0.2) is 30.5 Å². The number of carbonyl (C=O) groups excluding carboxylic acids is 1. The Labute approximate surface area is 175 Å². The van der Waals surface area contributed by atoms with Crippen LogP contribution >= 0.6 is 34.3 Å². The first-order valence-corrected chi connectivity index (χ1v) is 10.7. The smallest absolute Gasteiger partial charge is 0.267 e. The molecule has 3 heterocycles. The lowest BCUT2D eigenvalue weighted by Gasteiger charge is -2.01. The van der Waals surface area contributed by atoms with Gasteiger partial charge in [-0.1, -0.05) is 23.7 Å². The van der Waals surface area contributed by atoms with Gasteiger partial charge in [-0.3, -0.25) is 10.1 Å². The molecular weight excluding hydrogens is 412 g/mol. The van der Waals surface area contributed by atoms with Crippen molar-refractivity contribution in [3.8, 4) is 0 Å². The highest BCUT2D eigenvalue weighted by atomic mass is 35.5. The summed E-state index contributed by atoms with van der Waals surface area (Å²) < 4.78 is 0. The van der Waals surface area contributed by atoms with Crippen LogP contribution in [0.25, 0.3) is 10.2 Å². The Morgan fingerprint density at radius 3 is 2.79 bits per heavy atom. The lowest BCUT2D eigenvalue weighted by molar-refractivity contribution is 0.103. The average molecular weight is 429 g/mol. The number of carbonyl (C=O) groups is 1. The number of nitrogens with zero attached hydrogens (tertiary/aromatic N) is 3. The molecule has 0 saturated heterocycles. The molecule has 28 heavy (non-hydrogen) atoms. The normalized spacial score (nSPS) is 11.1. The molecule has 5 nitrogen and oxygen atoms in total. The summed E-state index contributed by atoms with van der Waals surface area (Å²) in [5, 5.41) is 5.17. The lowest BCUT2D eigenvalue weighted by atomic mass is 10.1. The third-order valence-corrected chi connectivity index (χ3v) is 6.66. The van der Waals surface area contributed by atoms with Gasteiger partial charge >= 0.3 is 0 Å². The van der Waals surface area contributed by atoms with Crippen molar-refractivity contribution in [3.05, 3.63) is 67.9 Å². The van der Waals surface area contributed by atoms with Crippen LogP contribution in [0.2, 0.25) is 5.02 Å². The molecule has 1 aromatic carbocycles. The molecule has 0 atom stereocenters. The van der Waals surface area contributed by atoms with Crippen LogP contribution in [0.1, 0.15) is 37.2 Å². The number of fused-ring (bicyclic) bond motifs is 1. The number of hydrogen-bond acceptors (Lipinski definition) is 6. The van der Waals surface area contributed by atoms with Gasteiger partial charge in [-0.15, -0.1) is 22.7 Å². The number of nitrogens with one attached hydrogen (secondary N) is 1. The molecule has 0 radical (unpaired) electrons. The van der Waals surface area contributed by atoms with Gasteiger partial charge in [-0.25, -0.2) is 15.0 Å². The second-order valence-corrected chi connectivity index (χ2v) is 9.04. The van der Waals surface area contributed by atoms with Gasteiger partial charge < -0.3 is 0 Å². The summed E-state index contributed by atoms with van der Waals surface area (Å²) in [6, 6.07) is 7.74. The second kappa shape index (κ2) is 7.58. The Morgan fingerprint density at radius 2 is 2.00 bits per heavy atom. The van der Waals surface area contributed by atoms with E-state index in [-0.39, 0.29) is 5.91 Å². The van der Waals surface area contributed by atoms with Crippen molar-refractivity contribution in [1.82, 2.24) is 15.0 Å². The molecule has 0 aliphatic rings. The van der Waals surface area contributed by atoms with E-state index in [9.17, 15) is 4.79 Å². The Morgan fingerprint density at radius 1 is 1.18 bits per heavy atom. The third kappa shape index (κ3) is 3.78. The largest absolute Gasteiger partial charge is 0.297 e. The standard InChI is InChI=1S/C20H17ClN4OS2/c1-10-16-11(2)23-12(3)24-19(16)28-17(10)18(26)25-20-22-9-15(27-20)8-13-5-4-6-14(21)7-13/h4-7,9H,8H2,1-3H3,(H,22,25,26). The first kappa shape index (κ1) is 19.0. The van der Waals surface area contributed by atoms with Crippen LogP contribution in [-0.2, 0) is 6.42 Å². The number of rotatable bonds is 4. The molecule has 142 valence electrons. The Kier molecular flexibility index (Phi) is 5.14. The molecule has 4 rings (SSSR count). The minimum Gasteiger partial charge on any atom is -0.297 e. The first-order chi connectivity index (χ1) is 13.4. The zero-order chi connectivity index (χ0) is 19.8. The van der Waals surface area contributed by atoms with E-state index in [1.807, 2.05) is 45.0 Å². The Hall–Kier alpha value is -2.35. The fourth-order valence-corrected chi connectivity index (χ4v) is 5.37. The monoisotopic (exact) mass is 428 g/mol. The molecule has 0 unspecified atom stereocenters. The van der Waals surface area contributed by atoms with E-state index < -0.39 is 0 Å². The van der Waals surface area contributed by atoms with Crippen LogP contribution in [0, 0.1) is 20.8 Å². The molecule has 1 amide bonds. The van der Waals surface area contributed by atoms with Crippen LogP contribution in [0.4, 0.5) is 5.13 Å². The summed E-state index contributed by atoms with van der Waals surface area (Å²) in [5.74, 6) is 0.546. The van der Waals surface area contributed by atoms with Crippen molar-refractivity contribution in [1.29, 1.82) is 0 Å². The number of anilines is 1. The van der Waals surface area contributed by atoms with Gasteiger partial charge in [0.15, 0.2) is 5.13 Å². The maximum atomic E-state index is 12.8. The average Bonchev–Trinajstić information content (AvgIpc) is 3.19. The van der Waals surface area contributed by atoms with E-state index in [1.165, 1.54) is 22.7 Å².